The summed E-state index contributed by atoms with van der Waals surface area (Å²) in [5.74, 6) is 0.451. The molecule has 0 aromatic carbocycles. The first-order valence-electron chi connectivity index (χ1n) is 8.75. The topological polar surface area (TPSA) is 112 Å². The van der Waals surface area contributed by atoms with Crippen LogP contribution in [0.3, 0.4) is 0 Å². The SMILES string of the molecule is N#Cc1ccc(N2CCc3[nH]cnc3[C@@H]2c2cc3c(F)cccn3n2)nc1N. The number of fused-ring (bicyclic) bond motifs is 2. The number of nitriles is 1. The van der Waals surface area contributed by atoms with Crippen molar-refractivity contribution in [1.82, 2.24) is 24.6 Å². The molecular formula is C19H15FN8. The predicted molar refractivity (Wildman–Crippen MR) is 100.0 cm³/mol. The van der Waals surface area contributed by atoms with Gasteiger partial charge in [0.1, 0.15) is 35.1 Å². The maximum Gasteiger partial charge on any atom is 0.148 e. The van der Waals surface area contributed by atoms with Gasteiger partial charge in [-0.1, -0.05) is 0 Å². The van der Waals surface area contributed by atoms with Crippen molar-refractivity contribution in [3.8, 4) is 6.07 Å². The second-order valence-electron chi connectivity index (χ2n) is 6.58. The van der Waals surface area contributed by atoms with E-state index in [1.165, 1.54) is 10.6 Å². The summed E-state index contributed by atoms with van der Waals surface area (Å²) in [4.78, 5) is 14.1. The summed E-state index contributed by atoms with van der Waals surface area (Å²) >= 11 is 0. The standard InChI is InChI=1S/C19H15FN8/c20-12-2-1-6-28-15(12)8-14(26-28)18-17-13(23-10-24-17)5-7-27(18)16-4-3-11(9-21)19(22)25-16/h1-4,6,8,10,18H,5,7H2,(H2,22,25)(H,23,24)/t18-/m0/s1. The summed E-state index contributed by atoms with van der Waals surface area (Å²) in [7, 11) is 0. The lowest BCUT2D eigenvalue weighted by Crippen LogP contribution is -2.37. The minimum Gasteiger partial charge on any atom is -0.383 e. The quantitative estimate of drug-likeness (QED) is 0.556. The maximum atomic E-state index is 14.2. The third-order valence-corrected chi connectivity index (χ3v) is 5.00. The highest BCUT2D eigenvalue weighted by Gasteiger charge is 2.34. The van der Waals surface area contributed by atoms with Gasteiger partial charge in [0.15, 0.2) is 0 Å². The van der Waals surface area contributed by atoms with E-state index in [2.05, 4.69) is 20.1 Å². The number of pyridine rings is 2. The number of hydrogen-bond donors (Lipinski definition) is 2. The lowest BCUT2D eigenvalue weighted by molar-refractivity contribution is 0.609. The Bertz CT molecular complexity index is 1230. The number of imidazole rings is 1. The number of hydrogen-bond acceptors (Lipinski definition) is 6. The van der Waals surface area contributed by atoms with Crippen molar-refractivity contribution < 1.29 is 4.39 Å². The molecule has 0 bridgehead atoms. The third kappa shape index (κ3) is 2.39. The van der Waals surface area contributed by atoms with Crippen LogP contribution in [0.25, 0.3) is 5.52 Å². The lowest BCUT2D eigenvalue weighted by Gasteiger charge is -2.35. The van der Waals surface area contributed by atoms with Gasteiger partial charge in [-0.2, -0.15) is 10.4 Å². The number of rotatable bonds is 2. The number of nitrogens with zero attached hydrogens (tertiary/aromatic N) is 6. The fourth-order valence-corrected chi connectivity index (χ4v) is 3.68. The van der Waals surface area contributed by atoms with Gasteiger partial charge in [0, 0.05) is 24.9 Å². The number of aromatic nitrogens is 5. The average Bonchev–Trinajstić information content (AvgIpc) is 3.34. The van der Waals surface area contributed by atoms with Gasteiger partial charge < -0.3 is 15.6 Å². The fraction of sp³-hybridized carbons (Fsp3) is 0.158. The summed E-state index contributed by atoms with van der Waals surface area (Å²) in [6.07, 6.45) is 4.10. The van der Waals surface area contributed by atoms with E-state index in [0.29, 0.717) is 29.1 Å². The molecule has 5 heterocycles. The molecule has 1 atom stereocenters. The second-order valence-corrected chi connectivity index (χ2v) is 6.58. The molecule has 0 amide bonds. The summed E-state index contributed by atoms with van der Waals surface area (Å²) in [5.41, 5.74) is 9.14. The molecular weight excluding hydrogens is 359 g/mol. The smallest absolute Gasteiger partial charge is 0.148 e. The monoisotopic (exact) mass is 374 g/mol. The first kappa shape index (κ1) is 16.3. The van der Waals surface area contributed by atoms with Crippen LogP contribution in [0.5, 0.6) is 0 Å². The summed E-state index contributed by atoms with van der Waals surface area (Å²) in [6, 6.07) is 9.82. The molecule has 3 N–H and O–H groups in total. The zero-order valence-electron chi connectivity index (χ0n) is 14.7. The molecule has 0 fully saturated rings. The van der Waals surface area contributed by atoms with Crippen molar-refractivity contribution in [2.24, 2.45) is 0 Å². The minimum absolute atomic E-state index is 0.174. The van der Waals surface area contributed by atoms with Crippen LogP contribution in [-0.2, 0) is 6.42 Å². The summed E-state index contributed by atoms with van der Waals surface area (Å²) in [5, 5.41) is 13.7. The van der Waals surface area contributed by atoms with Crippen LogP contribution < -0.4 is 10.6 Å². The van der Waals surface area contributed by atoms with Crippen LogP contribution in [0.4, 0.5) is 16.0 Å². The maximum absolute atomic E-state index is 14.2. The first-order chi connectivity index (χ1) is 13.7. The number of halogens is 1. The molecule has 1 aliphatic rings. The molecule has 4 aromatic heterocycles. The highest BCUT2D eigenvalue weighted by molar-refractivity contribution is 5.58. The van der Waals surface area contributed by atoms with E-state index < -0.39 is 0 Å². The van der Waals surface area contributed by atoms with Crippen molar-refractivity contribution in [1.29, 1.82) is 5.26 Å². The van der Waals surface area contributed by atoms with E-state index in [-0.39, 0.29) is 17.7 Å². The number of nitrogen functional groups attached to an aromatic ring is 1. The van der Waals surface area contributed by atoms with Crippen molar-refractivity contribution >= 4 is 17.2 Å². The number of nitrogens with two attached hydrogens (primary N) is 1. The van der Waals surface area contributed by atoms with Crippen LogP contribution in [0.2, 0.25) is 0 Å². The Morgan fingerprint density at radius 1 is 1.32 bits per heavy atom. The molecule has 0 saturated heterocycles. The molecule has 8 nitrogen and oxygen atoms in total. The number of H-pyrrole nitrogens is 1. The molecule has 9 heteroatoms. The van der Waals surface area contributed by atoms with Crippen molar-refractivity contribution in [2.75, 3.05) is 17.2 Å². The summed E-state index contributed by atoms with van der Waals surface area (Å²) < 4.78 is 15.7. The zero-order chi connectivity index (χ0) is 19.3. The highest BCUT2D eigenvalue weighted by atomic mass is 19.1. The molecule has 0 radical (unpaired) electrons. The van der Waals surface area contributed by atoms with E-state index >= 15 is 0 Å². The Hall–Kier alpha value is -3.93. The van der Waals surface area contributed by atoms with Crippen molar-refractivity contribution in [3.05, 3.63) is 71.3 Å². The van der Waals surface area contributed by atoms with Crippen LogP contribution >= 0.6 is 0 Å². The minimum atomic E-state index is -0.353. The van der Waals surface area contributed by atoms with Gasteiger partial charge in [-0.15, -0.1) is 0 Å². The Balaban J connectivity index is 1.67. The Labute approximate surface area is 159 Å². The molecule has 5 rings (SSSR count). The normalized spacial score (nSPS) is 16.1. The molecule has 4 aromatic rings. The number of aromatic amines is 1. The van der Waals surface area contributed by atoms with Gasteiger partial charge in [-0.25, -0.2) is 18.9 Å². The lowest BCUT2D eigenvalue weighted by atomic mass is 9.99. The van der Waals surface area contributed by atoms with Gasteiger partial charge in [0.05, 0.1) is 23.3 Å². The van der Waals surface area contributed by atoms with Crippen LogP contribution in [-0.4, -0.2) is 31.1 Å². The number of anilines is 2. The predicted octanol–water partition coefficient (Wildman–Crippen LogP) is 2.20. The van der Waals surface area contributed by atoms with E-state index in [0.717, 1.165) is 17.8 Å². The molecule has 0 aliphatic carbocycles. The zero-order valence-corrected chi connectivity index (χ0v) is 14.7. The van der Waals surface area contributed by atoms with Gasteiger partial charge >= 0.3 is 0 Å². The second kappa shape index (κ2) is 6.06. The fourth-order valence-electron chi connectivity index (χ4n) is 3.68. The third-order valence-electron chi connectivity index (χ3n) is 5.00. The van der Waals surface area contributed by atoms with Gasteiger partial charge in [0.2, 0.25) is 0 Å². The van der Waals surface area contributed by atoms with Gasteiger partial charge in [-0.3, -0.25) is 0 Å². The van der Waals surface area contributed by atoms with Crippen molar-refractivity contribution in [2.45, 2.75) is 12.5 Å². The Kier molecular flexibility index (Phi) is 3.52. The van der Waals surface area contributed by atoms with Gasteiger partial charge in [0.25, 0.3) is 0 Å². The van der Waals surface area contributed by atoms with E-state index in [4.69, 9.17) is 11.0 Å². The Morgan fingerprint density at radius 2 is 2.21 bits per heavy atom. The average molecular weight is 374 g/mol. The highest BCUT2D eigenvalue weighted by Crippen LogP contribution is 2.36. The van der Waals surface area contributed by atoms with Crippen molar-refractivity contribution in [3.63, 3.8) is 0 Å². The van der Waals surface area contributed by atoms with Crippen LogP contribution in [0.15, 0.2) is 42.9 Å². The molecule has 1 aliphatic heterocycles. The molecule has 138 valence electrons. The van der Waals surface area contributed by atoms with E-state index in [9.17, 15) is 4.39 Å². The summed E-state index contributed by atoms with van der Waals surface area (Å²) in [6.45, 7) is 0.647. The van der Waals surface area contributed by atoms with E-state index in [1.807, 2.05) is 11.0 Å². The van der Waals surface area contributed by atoms with Crippen LogP contribution in [0.1, 0.15) is 28.7 Å². The largest absolute Gasteiger partial charge is 0.383 e. The molecule has 0 saturated carbocycles. The Morgan fingerprint density at radius 3 is 3.00 bits per heavy atom. The molecule has 28 heavy (non-hydrogen) atoms. The molecule has 0 spiro atoms. The van der Waals surface area contributed by atoms with Crippen LogP contribution in [0, 0.1) is 17.1 Å². The first-order valence-corrected chi connectivity index (χ1v) is 8.75. The van der Waals surface area contributed by atoms with Gasteiger partial charge in [-0.05, 0) is 30.3 Å². The number of nitrogens with one attached hydrogen (secondary N) is 1. The molecule has 0 unspecified atom stereocenters. The van der Waals surface area contributed by atoms with E-state index in [1.54, 1.807) is 36.8 Å².